The SMILES string of the molecule is CCc1ccc(OCC(=O)N(Cc2ccc(C)cc2)C(C)C(=O)NC(C)(C)C)c(Br)c1. The normalized spacial score (nSPS) is 12.2. The van der Waals surface area contributed by atoms with E-state index in [-0.39, 0.29) is 24.0 Å². The third kappa shape index (κ3) is 7.69. The Hall–Kier alpha value is -2.34. The Balaban J connectivity index is 2.18. The molecule has 0 heterocycles. The first kappa shape index (κ1) is 24.9. The van der Waals surface area contributed by atoms with E-state index in [1.807, 2.05) is 70.2 Å². The highest BCUT2D eigenvalue weighted by Crippen LogP contribution is 2.26. The summed E-state index contributed by atoms with van der Waals surface area (Å²) in [6.07, 6.45) is 0.919. The number of rotatable bonds is 8. The van der Waals surface area contributed by atoms with Gasteiger partial charge in [0.1, 0.15) is 11.8 Å². The average molecular weight is 489 g/mol. The second-order valence-electron chi connectivity index (χ2n) is 8.83. The largest absolute Gasteiger partial charge is 0.483 e. The van der Waals surface area contributed by atoms with Crippen molar-refractivity contribution in [3.05, 3.63) is 63.6 Å². The van der Waals surface area contributed by atoms with E-state index in [1.54, 1.807) is 11.8 Å². The number of hydrogen-bond donors (Lipinski definition) is 1. The smallest absolute Gasteiger partial charge is 0.261 e. The van der Waals surface area contributed by atoms with Crippen LogP contribution < -0.4 is 10.1 Å². The molecular weight excluding hydrogens is 456 g/mol. The average Bonchev–Trinajstić information content (AvgIpc) is 2.70. The maximum absolute atomic E-state index is 13.1. The predicted octanol–water partition coefficient (Wildman–Crippen LogP) is 5.03. The topological polar surface area (TPSA) is 58.6 Å². The molecule has 2 amide bonds. The molecule has 1 N–H and O–H groups in total. The molecule has 1 atom stereocenters. The highest BCUT2D eigenvalue weighted by Gasteiger charge is 2.28. The number of halogens is 1. The highest BCUT2D eigenvalue weighted by atomic mass is 79.9. The standard InChI is InChI=1S/C25H33BrN2O3/c1-7-19-12-13-22(21(26)14-19)31-16-23(29)28(15-20-10-8-17(2)9-11-20)18(3)24(30)27-25(4,5)6/h8-14,18H,7,15-16H2,1-6H3,(H,27,30). The van der Waals surface area contributed by atoms with Crippen LogP contribution in [-0.4, -0.2) is 34.9 Å². The van der Waals surface area contributed by atoms with Gasteiger partial charge in [0, 0.05) is 12.1 Å². The van der Waals surface area contributed by atoms with Gasteiger partial charge < -0.3 is 15.0 Å². The second-order valence-corrected chi connectivity index (χ2v) is 9.68. The number of hydrogen-bond acceptors (Lipinski definition) is 3. The summed E-state index contributed by atoms with van der Waals surface area (Å²) in [5.41, 5.74) is 2.90. The van der Waals surface area contributed by atoms with Crippen LogP contribution in [0.5, 0.6) is 5.75 Å². The van der Waals surface area contributed by atoms with E-state index in [0.29, 0.717) is 12.3 Å². The zero-order valence-corrected chi connectivity index (χ0v) is 20.9. The van der Waals surface area contributed by atoms with E-state index in [9.17, 15) is 9.59 Å². The lowest BCUT2D eigenvalue weighted by molar-refractivity contribution is -0.142. The van der Waals surface area contributed by atoms with E-state index >= 15 is 0 Å². The number of carbonyl (C=O) groups is 2. The molecule has 1 unspecified atom stereocenters. The van der Waals surface area contributed by atoms with Crippen molar-refractivity contribution in [3.8, 4) is 5.75 Å². The molecule has 0 bridgehead atoms. The Kier molecular flexibility index (Phi) is 8.69. The molecule has 2 aromatic carbocycles. The number of carbonyl (C=O) groups excluding carboxylic acids is 2. The van der Waals surface area contributed by atoms with Crippen molar-refractivity contribution in [1.29, 1.82) is 0 Å². The van der Waals surface area contributed by atoms with Gasteiger partial charge in [0.2, 0.25) is 5.91 Å². The molecule has 168 valence electrons. The van der Waals surface area contributed by atoms with Gasteiger partial charge in [0.05, 0.1) is 4.47 Å². The summed E-state index contributed by atoms with van der Waals surface area (Å²) < 4.78 is 6.61. The van der Waals surface area contributed by atoms with Crippen molar-refractivity contribution < 1.29 is 14.3 Å². The van der Waals surface area contributed by atoms with Gasteiger partial charge in [-0.3, -0.25) is 9.59 Å². The fourth-order valence-electron chi connectivity index (χ4n) is 3.05. The molecule has 2 aromatic rings. The minimum Gasteiger partial charge on any atom is -0.483 e. The first-order valence-corrected chi connectivity index (χ1v) is 11.4. The van der Waals surface area contributed by atoms with Gasteiger partial charge >= 0.3 is 0 Å². The summed E-state index contributed by atoms with van der Waals surface area (Å²) in [6, 6.07) is 13.1. The van der Waals surface area contributed by atoms with Crippen LogP contribution in [0.3, 0.4) is 0 Å². The molecule has 0 fully saturated rings. The van der Waals surface area contributed by atoms with Crippen LogP contribution in [0.2, 0.25) is 0 Å². The maximum atomic E-state index is 13.1. The first-order valence-electron chi connectivity index (χ1n) is 10.6. The van der Waals surface area contributed by atoms with Gasteiger partial charge in [-0.2, -0.15) is 0 Å². The lowest BCUT2D eigenvalue weighted by atomic mass is 10.1. The van der Waals surface area contributed by atoms with Crippen LogP contribution >= 0.6 is 15.9 Å². The van der Waals surface area contributed by atoms with E-state index in [4.69, 9.17) is 4.74 Å². The minimum atomic E-state index is -0.637. The zero-order chi connectivity index (χ0) is 23.2. The lowest BCUT2D eigenvalue weighted by Crippen LogP contribution is -2.53. The maximum Gasteiger partial charge on any atom is 0.261 e. The minimum absolute atomic E-state index is 0.150. The van der Waals surface area contributed by atoms with Crippen molar-refractivity contribution >= 4 is 27.7 Å². The Bertz CT molecular complexity index is 904. The van der Waals surface area contributed by atoms with E-state index in [2.05, 4.69) is 28.2 Å². The first-order chi connectivity index (χ1) is 14.5. The van der Waals surface area contributed by atoms with Crippen LogP contribution in [0.4, 0.5) is 0 Å². The van der Waals surface area contributed by atoms with Gasteiger partial charge in [0.25, 0.3) is 5.91 Å². The van der Waals surface area contributed by atoms with Gasteiger partial charge in [-0.1, -0.05) is 42.8 Å². The molecule has 0 spiro atoms. The molecule has 0 aliphatic rings. The summed E-state index contributed by atoms with van der Waals surface area (Å²) >= 11 is 3.51. The number of nitrogens with zero attached hydrogens (tertiary/aromatic N) is 1. The molecule has 0 saturated carbocycles. The van der Waals surface area contributed by atoms with Crippen LogP contribution in [0.1, 0.15) is 51.3 Å². The number of aryl methyl sites for hydroxylation is 2. The van der Waals surface area contributed by atoms with Gasteiger partial charge in [-0.05, 0) is 80.2 Å². The molecule has 6 heteroatoms. The van der Waals surface area contributed by atoms with E-state index in [0.717, 1.165) is 22.0 Å². The molecule has 0 aromatic heterocycles. The Labute approximate surface area is 194 Å². The lowest BCUT2D eigenvalue weighted by Gasteiger charge is -2.31. The third-order valence-electron chi connectivity index (χ3n) is 4.89. The molecule has 31 heavy (non-hydrogen) atoms. The molecule has 0 radical (unpaired) electrons. The van der Waals surface area contributed by atoms with E-state index in [1.165, 1.54) is 5.56 Å². The second kappa shape index (κ2) is 10.8. The van der Waals surface area contributed by atoms with Crippen molar-refractivity contribution in [2.75, 3.05) is 6.61 Å². The summed E-state index contributed by atoms with van der Waals surface area (Å²) in [6.45, 7) is 11.8. The fourth-order valence-corrected chi connectivity index (χ4v) is 3.59. The molecule has 0 aliphatic heterocycles. The van der Waals surface area contributed by atoms with Crippen LogP contribution in [-0.2, 0) is 22.6 Å². The van der Waals surface area contributed by atoms with Crippen molar-refractivity contribution in [2.24, 2.45) is 0 Å². The number of amides is 2. The third-order valence-corrected chi connectivity index (χ3v) is 5.51. The van der Waals surface area contributed by atoms with Crippen LogP contribution in [0.25, 0.3) is 0 Å². The Morgan fingerprint density at radius 3 is 2.26 bits per heavy atom. The Morgan fingerprint density at radius 1 is 1.10 bits per heavy atom. The number of benzene rings is 2. The molecule has 0 saturated heterocycles. The van der Waals surface area contributed by atoms with Crippen LogP contribution in [0.15, 0.2) is 46.9 Å². The molecule has 5 nitrogen and oxygen atoms in total. The molecular formula is C25H33BrN2O3. The quantitative estimate of drug-likeness (QED) is 0.566. The van der Waals surface area contributed by atoms with Gasteiger partial charge in [0.15, 0.2) is 6.61 Å². The molecule has 2 rings (SSSR count). The monoisotopic (exact) mass is 488 g/mol. The summed E-state index contributed by atoms with van der Waals surface area (Å²) in [5, 5.41) is 2.96. The number of nitrogens with one attached hydrogen (secondary N) is 1. The van der Waals surface area contributed by atoms with Crippen molar-refractivity contribution in [2.45, 2.75) is 66.1 Å². The van der Waals surface area contributed by atoms with Gasteiger partial charge in [-0.25, -0.2) is 0 Å². The van der Waals surface area contributed by atoms with E-state index < -0.39 is 6.04 Å². The predicted molar refractivity (Wildman–Crippen MR) is 128 cm³/mol. The zero-order valence-electron chi connectivity index (χ0n) is 19.3. The summed E-state index contributed by atoms with van der Waals surface area (Å²) in [7, 11) is 0. The molecule has 0 aliphatic carbocycles. The van der Waals surface area contributed by atoms with Crippen molar-refractivity contribution in [3.63, 3.8) is 0 Å². The van der Waals surface area contributed by atoms with Gasteiger partial charge in [-0.15, -0.1) is 0 Å². The number of ether oxygens (including phenoxy) is 1. The fraction of sp³-hybridized carbons (Fsp3) is 0.440. The van der Waals surface area contributed by atoms with Crippen molar-refractivity contribution in [1.82, 2.24) is 10.2 Å². The summed E-state index contributed by atoms with van der Waals surface area (Å²) in [5.74, 6) is 0.165. The summed E-state index contributed by atoms with van der Waals surface area (Å²) in [4.78, 5) is 27.5. The van der Waals surface area contributed by atoms with Crippen LogP contribution in [0, 0.1) is 6.92 Å². The highest BCUT2D eigenvalue weighted by molar-refractivity contribution is 9.10. The Morgan fingerprint density at radius 2 is 1.71 bits per heavy atom.